The lowest BCUT2D eigenvalue weighted by molar-refractivity contribution is -0.890. The van der Waals surface area contributed by atoms with Crippen LogP contribution in [-0.2, 0) is 0 Å². The van der Waals surface area contributed by atoms with Crippen molar-refractivity contribution in [3.8, 4) is 0 Å². The van der Waals surface area contributed by atoms with Crippen LogP contribution >= 0.6 is 12.2 Å². The molecule has 0 aliphatic rings. The highest BCUT2D eigenvalue weighted by Gasteiger charge is 2.17. The number of thiocarbonyl (C=S) groups is 1. The number of benzene rings is 2. The number of likely N-dealkylation sites (N-methyl/N-ethyl adjacent to an activating group) is 1. The Morgan fingerprint density at radius 1 is 1.09 bits per heavy atom. The number of nitrogens with one attached hydrogen (secondary N) is 3. The Bertz CT molecular complexity index is 653. The normalized spacial score (nSPS) is 12.0. The Hall–Kier alpha value is -1.91. The Balaban J connectivity index is 1.98. The van der Waals surface area contributed by atoms with E-state index in [4.69, 9.17) is 12.2 Å². The average molecular weight is 329 g/mol. The second-order valence-corrected chi connectivity index (χ2v) is 6.60. The van der Waals surface area contributed by atoms with Gasteiger partial charge in [0.1, 0.15) is 6.04 Å². The Morgan fingerprint density at radius 3 is 2.43 bits per heavy atom. The highest BCUT2D eigenvalue weighted by molar-refractivity contribution is 7.80. The van der Waals surface area contributed by atoms with Crippen molar-refractivity contribution in [2.75, 3.05) is 26.0 Å². The summed E-state index contributed by atoms with van der Waals surface area (Å²) in [5.41, 5.74) is 4.80. The van der Waals surface area contributed by atoms with E-state index >= 15 is 0 Å². The minimum absolute atomic E-state index is 0.356. The van der Waals surface area contributed by atoms with Crippen LogP contribution in [0.15, 0.2) is 48.5 Å². The molecule has 1 atom stereocenters. The molecular weight excluding hydrogens is 302 g/mol. The summed E-state index contributed by atoms with van der Waals surface area (Å²) in [6.07, 6.45) is 0. The molecule has 0 spiro atoms. The fourth-order valence-corrected chi connectivity index (χ4v) is 2.77. The van der Waals surface area contributed by atoms with Crippen LogP contribution < -0.4 is 15.5 Å². The minimum Gasteiger partial charge on any atom is -0.356 e. The quantitative estimate of drug-likeness (QED) is 0.737. The molecule has 3 nitrogen and oxygen atoms in total. The number of hydrogen-bond donors (Lipinski definition) is 3. The summed E-state index contributed by atoms with van der Waals surface area (Å²) in [4.78, 5) is 1.37. The molecule has 122 valence electrons. The van der Waals surface area contributed by atoms with E-state index < -0.39 is 0 Å². The SMILES string of the molecule is Cc1ccc(C)c(NC(=S)NC[C@H](c2ccccc2)[NH+](C)C)c1. The van der Waals surface area contributed by atoms with E-state index in [0.29, 0.717) is 11.2 Å². The smallest absolute Gasteiger partial charge is 0.171 e. The van der Waals surface area contributed by atoms with Gasteiger partial charge in [0.25, 0.3) is 0 Å². The molecule has 0 aliphatic heterocycles. The molecule has 4 heteroatoms. The van der Waals surface area contributed by atoms with Gasteiger partial charge in [-0.1, -0.05) is 42.5 Å². The summed E-state index contributed by atoms with van der Waals surface area (Å²) in [6.45, 7) is 4.96. The van der Waals surface area contributed by atoms with Gasteiger partial charge in [0.2, 0.25) is 0 Å². The fraction of sp³-hybridized carbons (Fsp3) is 0.316. The Morgan fingerprint density at radius 2 is 1.78 bits per heavy atom. The van der Waals surface area contributed by atoms with Crippen molar-refractivity contribution in [2.45, 2.75) is 19.9 Å². The van der Waals surface area contributed by atoms with Crippen LogP contribution in [0, 0.1) is 13.8 Å². The Kier molecular flexibility index (Phi) is 6.13. The van der Waals surface area contributed by atoms with Crippen LogP contribution in [0.5, 0.6) is 0 Å². The van der Waals surface area contributed by atoms with Crippen LogP contribution in [0.2, 0.25) is 0 Å². The summed E-state index contributed by atoms with van der Waals surface area (Å²) in [5, 5.41) is 7.33. The Labute approximate surface area is 144 Å². The van der Waals surface area contributed by atoms with Gasteiger partial charge in [0.15, 0.2) is 5.11 Å². The zero-order valence-corrected chi connectivity index (χ0v) is 15.1. The molecule has 0 unspecified atom stereocenters. The van der Waals surface area contributed by atoms with E-state index in [-0.39, 0.29) is 0 Å². The molecule has 0 aliphatic carbocycles. The zero-order chi connectivity index (χ0) is 16.8. The maximum atomic E-state index is 5.46. The second-order valence-electron chi connectivity index (χ2n) is 6.19. The summed E-state index contributed by atoms with van der Waals surface area (Å²) in [5.74, 6) is 0. The first kappa shape index (κ1) is 17.4. The summed E-state index contributed by atoms with van der Waals surface area (Å²) in [7, 11) is 4.33. The second kappa shape index (κ2) is 8.09. The molecule has 0 bridgehead atoms. The van der Waals surface area contributed by atoms with Crippen LogP contribution in [0.1, 0.15) is 22.7 Å². The van der Waals surface area contributed by atoms with Gasteiger partial charge in [-0.3, -0.25) is 0 Å². The summed E-state index contributed by atoms with van der Waals surface area (Å²) < 4.78 is 0. The third-order valence-electron chi connectivity index (χ3n) is 4.01. The van der Waals surface area contributed by atoms with E-state index in [9.17, 15) is 0 Å². The van der Waals surface area contributed by atoms with E-state index in [1.165, 1.54) is 21.6 Å². The molecular formula is C19H26N3S+. The number of aryl methyl sites for hydroxylation is 2. The molecule has 2 aromatic carbocycles. The number of anilines is 1. The molecule has 2 aromatic rings. The topological polar surface area (TPSA) is 28.5 Å². The summed E-state index contributed by atoms with van der Waals surface area (Å²) >= 11 is 5.46. The van der Waals surface area contributed by atoms with Crippen molar-refractivity contribution in [3.05, 3.63) is 65.2 Å². The van der Waals surface area contributed by atoms with Crippen molar-refractivity contribution in [1.82, 2.24) is 5.32 Å². The van der Waals surface area contributed by atoms with Gasteiger partial charge >= 0.3 is 0 Å². The van der Waals surface area contributed by atoms with Crippen LogP contribution in [0.4, 0.5) is 5.69 Å². The zero-order valence-electron chi connectivity index (χ0n) is 14.3. The molecule has 23 heavy (non-hydrogen) atoms. The first-order valence-corrected chi connectivity index (χ1v) is 8.35. The van der Waals surface area contributed by atoms with Crippen molar-refractivity contribution < 1.29 is 4.90 Å². The van der Waals surface area contributed by atoms with Gasteiger partial charge in [-0.25, -0.2) is 0 Å². The molecule has 0 amide bonds. The predicted molar refractivity (Wildman–Crippen MR) is 102 cm³/mol. The fourth-order valence-electron chi connectivity index (χ4n) is 2.57. The van der Waals surface area contributed by atoms with E-state index in [2.05, 4.69) is 81.0 Å². The molecule has 0 heterocycles. The average Bonchev–Trinajstić information content (AvgIpc) is 2.52. The lowest BCUT2D eigenvalue weighted by Gasteiger charge is -2.23. The number of rotatable bonds is 5. The molecule has 0 saturated carbocycles. The van der Waals surface area contributed by atoms with Gasteiger partial charge in [-0.05, 0) is 43.3 Å². The predicted octanol–water partition coefficient (Wildman–Crippen LogP) is 2.48. The number of quaternary nitrogens is 1. The van der Waals surface area contributed by atoms with Crippen LogP contribution in [-0.4, -0.2) is 25.8 Å². The minimum atomic E-state index is 0.356. The maximum absolute atomic E-state index is 5.46. The van der Waals surface area contributed by atoms with E-state index in [1.54, 1.807) is 0 Å². The lowest BCUT2D eigenvalue weighted by atomic mass is 10.1. The molecule has 0 aromatic heterocycles. The first-order valence-electron chi connectivity index (χ1n) is 7.94. The third-order valence-corrected chi connectivity index (χ3v) is 4.25. The molecule has 3 N–H and O–H groups in total. The molecule has 0 saturated heterocycles. The monoisotopic (exact) mass is 328 g/mol. The van der Waals surface area contributed by atoms with Crippen molar-refractivity contribution in [2.24, 2.45) is 0 Å². The lowest BCUT2D eigenvalue weighted by Crippen LogP contribution is -3.07. The summed E-state index contributed by atoms with van der Waals surface area (Å²) in [6, 6.07) is 17.2. The van der Waals surface area contributed by atoms with Crippen molar-refractivity contribution >= 4 is 23.0 Å². The molecule has 0 radical (unpaired) electrons. The third kappa shape index (κ3) is 5.05. The largest absolute Gasteiger partial charge is 0.356 e. The highest BCUT2D eigenvalue weighted by atomic mass is 32.1. The van der Waals surface area contributed by atoms with Crippen molar-refractivity contribution in [3.63, 3.8) is 0 Å². The molecule has 0 fully saturated rings. The van der Waals surface area contributed by atoms with Crippen LogP contribution in [0.25, 0.3) is 0 Å². The number of hydrogen-bond acceptors (Lipinski definition) is 1. The van der Waals surface area contributed by atoms with Gasteiger partial charge < -0.3 is 15.5 Å². The first-order chi connectivity index (χ1) is 11.0. The van der Waals surface area contributed by atoms with E-state index in [0.717, 1.165) is 12.2 Å². The van der Waals surface area contributed by atoms with Gasteiger partial charge in [0, 0.05) is 11.3 Å². The van der Waals surface area contributed by atoms with Gasteiger partial charge in [-0.15, -0.1) is 0 Å². The highest BCUT2D eigenvalue weighted by Crippen LogP contribution is 2.16. The molecule has 2 rings (SSSR count). The van der Waals surface area contributed by atoms with Crippen LogP contribution in [0.3, 0.4) is 0 Å². The van der Waals surface area contributed by atoms with Crippen molar-refractivity contribution in [1.29, 1.82) is 0 Å². The van der Waals surface area contributed by atoms with Gasteiger partial charge in [0.05, 0.1) is 20.6 Å². The standard InChI is InChI=1S/C19H25N3S/c1-14-10-11-15(2)17(12-14)21-19(23)20-13-18(22(3)4)16-8-6-5-7-9-16/h5-12,18H,13H2,1-4H3,(H2,20,21,23)/p+1/t18-/m1/s1. The maximum Gasteiger partial charge on any atom is 0.171 e. The van der Waals surface area contributed by atoms with E-state index in [1.807, 2.05) is 6.07 Å². The van der Waals surface area contributed by atoms with Gasteiger partial charge in [-0.2, -0.15) is 0 Å².